The van der Waals surface area contributed by atoms with E-state index in [0.29, 0.717) is 18.8 Å². The van der Waals surface area contributed by atoms with E-state index in [9.17, 15) is 19.7 Å². The van der Waals surface area contributed by atoms with Crippen LogP contribution in [0, 0.1) is 10.1 Å². The molecule has 4 aromatic rings. The summed E-state index contributed by atoms with van der Waals surface area (Å²) in [6, 6.07) is 21.6. The van der Waals surface area contributed by atoms with Crippen LogP contribution in [0.2, 0.25) is 0 Å². The number of pyridine rings is 3. The fourth-order valence-corrected chi connectivity index (χ4v) is 4.19. The van der Waals surface area contributed by atoms with E-state index in [1.165, 1.54) is 6.07 Å². The molecule has 0 aliphatic carbocycles. The Bertz CT molecular complexity index is 1360. The van der Waals surface area contributed by atoms with E-state index in [4.69, 9.17) is 0 Å². The largest absolute Gasteiger partial charge is 0.350 e. The second kappa shape index (κ2) is 14.2. The monoisotopic (exact) mass is 539 g/mol. The average Bonchev–Trinajstić information content (AvgIpc) is 2.97. The first-order valence-electron chi connectivity index (χ1n) is 12.7. The molecular weight excluding hydrogens is 510 g/mol. The van der Waals surface area contributed by atoms with E-state index >= 15 is 0 Å². The topological polar surface area (TPSA) is 143 Å². The van der Waals surface area contributed by atoms with Gasteiger partial charge in [-0.1, -0.05) is 36.4 Å². The maximum atomic E-state index is 13.4. The lowest BCUT2D eigenvalue weighted by atomic mass is 10.0. The molecule has 2 amide bonds. The molecule has 11 nitrogen and oxygen atoms in total. The number of hydrogen-bond donors (Lipinski definition) is 2. The molecule has 40 heavy (non-hydrogen) atoms. The molecule has 204 valence electrons. The van der Waals surface area contributed by atoms with Crippen molar-refractivity contribution in [3.63, 3.8) is 0 Å². The Morgan fingerprint density at radius 3 is 1.88 bits per heavy atom. The van der Waals surface area contributed by atoms with Crippen molar-refractivity contribution in [3.8, 4) is 0 Å². The van der Waals surface area contributed by atoms with Crippen LogP contribution in [-0.4, -0.2) is 43.1 Å². The van der Waals surface area contributed by atoms with Crippen LogP contribution >= 0.6 is 0 Å². The second-order valence-electron chi connectivity index (χ2n) is 9.03. The fourth-order valence-electron chi connectivity index (χ4n) is 4.19. The van der Waals surface area contributed by atoms with Gasteiger partial charge in [-0.05, 0) is 36.4 Å². The standard InChI is InChI=1S/C29H29N7O4/c37-28(33-18-22-9-3-6-14-30-22)17-26(25-12-1-2-13-27(25)36(39)40)34-29(38)21-35(19-23-10-4-7-15-31-23)20-24-11-5-8-16-32-24/h1-16,26H,17-21H2,(H,33,37)(H,34,38). The van der Waals surface area contributed by atoms with Gasteiger partial charge in [0.25, 0.3) is 5.69 Å². The van der Waals surface area contributed by atoms with Gasteiger partial charge in [-0.15, -0.1) is 0 Å². The number of amides is 2. The summed E-state index contributed by atoms with van der Waals surface area (Å²) in [7, 11) is 0. The van der Waals surface area contributed by atoms with Gasteiger partial charge in [0.15, 0.2) is 0 Å². The molecule has 0 saturated carbocycles. The van der Waals surface area contributed by atoms with Crippen LogP contribution < -0.4 is 10.6 Å². The van der Waals surface area contributed by atoms with Crippen molar-refractivity contribution in [2.75, 3.05) is 6.54 Å². The van der Waals surface area contributed by atoms with Crippen molar-refractivity contribution in [2.24, 2.45) is 0 Å². The van der Waals surface area contributed by atoms with Gasteiger partial charge in [0.05, 0.1) is 53.1 Å². The minimum atomic E-state index is -0.926. The summed E-state index contributed by atoms with van der Waals surface area (Å²) in [6.07, 6.45) is 4.80. The Hall–Kier alpha value is -5.03. The van der Waals surface area contributed by atoms with Gasteiger partial charge in [0.1, 0.15) is 0 Å². The first kappa shape index (κ1) is 28.0. The molecule has 3 aromatic heterocycles. The van der Waals surface area contributed by atoms with E-state index in [0.717, 1.165) is 11.4 Å². The molecule has 0 spiro atoms. The summed E-state index contributed by atoms with van der Waals surface area (Å²) in [4.78, 5) is 52.3. The quantitative estimate of drug-likeness (QED) is 0.195. The molecule has 0 aliphatic heterocycles. The van der Waals surface area contributed by atoms with Crippen LogP contribution in [0.3, 0.4) is 0 Å². The van der Waals surface area contributed by atoms with Crippen LogP contribution in [0.5, 0.6) is 0 Å². The number of nitro groups is 1. The average molecular weight is 540 g/mol. The summed E-state index contributed by atoms with van der Waals surface area (Å²) < 4.78 is 0. The number of nitro benzene ring substituents is 1. The van der Waals surface area contributed by atoms with Gasteiger partial charge in [-0.2, -0.15) is 0 Å². The fraction of sp³-hybridized carbons (Fsp3) is 0.207. The Morgan fingerprint density at radius 1 is 0.775 bits per heavy atom. The van der Waals surface area contributed by atoms with Crippen molar-refractivity contribution >= 4 is 17.5 Å². The zero-order valence-corrected chi connectivity index (χ0v) is 21.7. The van der Waals surface area contributed by atoms with Gasteiger partial charge in [-0.3, -0.25) is 39.6 Å². The number of carbonyl (C=O) groups is 2. The highest BCUT2D eigenvalue weighted by atomic mass is 16.6. The van der Waals surface area contributed by atoms with Crippen molar-refractivity contribution in [1.29, 1.82) is 0 Å². The van der Waals surface area contributed by atoms with E-state index in [-0.39, 0.29) is 36.7 Å². The van der Waals surface area contributed by atoms with Crippen LogP contribution in [0.4, 0.5) is 5.69 Å². The molecule has 0 bridgehead atoms. The summed E-state index contributed by atoms with van der Waals surface area (Å²) in [5.74, 6) is -0.777. The molecular formula is C29H29N7O4. The number of aromatic nitrogens is 3. The molecule has 3 heterocycles. The first-order valence-corrected chi connectivity index (χ1v) is 12.7. The van der Waals surface area contributed by atoms with Gasteiger partial charge in [0, 0.05) is 37.7 Å². The van der Waals surface area contributed by atoms with Crippen LogP contribution in [0.1, 0.15) is 35.1 Å². The first-order chi connectivity index (χ1) is 19.5. The highest BCUT2D eigenvalue weighted by molar-refractivity contribution is 5.81. The number of rotatable bonds is 13. The highest BCUT2D eigenvalue weighted by Gasteiger charge is 2.26. The van der Waals surface area contributed by atoms with Crippen LogP contribution in [-0.2, 0) is 29.2 Å². The predicted molar refractivity (Wildman–Crippen MR) is 147 cm³/mol. The van der Waals surface area contributed by atoms with Crippen molar-refractivity contribution in [1.82, 2.24) is 30.5 Å². The molecule has 0 fully saturated rings. The molecule has 4 rings (SSSR count). The Kier molecular flexibility index (Phi) is 9.95. The third-order valence-corrected chi connectivity index (χ3v) is 6.02. The number of nitrogens with one attached hydrogen (secondary N) is 2. The van der Waals surface area contributed by atoms with Crippen LogP contribution in [0.15, 0.2) is 97.5 Å². The highest BCUT2D eigenvalue weighted by Crippen LogP contribution is 2.27. The van der Waals surface area contributed by atoms with E-state index in [1.807, 2.05) is 47.4 Å². The van der Waals surface area contributed by atoms with Gasteiger partial charge in [-0.25, -0.2) is 0 Å². The second-order valence-corrected chi connectivity index (χ2v) is 9.03. The maximum absolute atomic E-state index is 13.4. The lowest BCUT2D eigenvalue weighted by Crippen LogP contribution is -2.40. The molecule has 0 radical (unpaired) electrons. The molecule has 1 aromatic carbocycles. The lowest BCUT2D eigenvalue weighted by Gasteiger charge is -2.24. The summed E-state index contributed by atoms with van der Waals surface area (Å²) in [6.45, 7) is 0.913. The number of para-hydroxylation sites is 1. The normalized spacial score (nSPS) is 11.5. The smallest absolute Gasteiger partial charge is 0.274 e. The molecule has 1 unspecified atom stereocenters. The van der Waals surface area contributed by atoms with Gasteiger partial charge in [0.2, 0.25) is 11.8 Å². The zero-order chi connectivity index (χ0) is 28.2. The summed E-state index contributed by atoms with van der Waals surface area (Å²) >= 11 is 0. The van der Waals surface area contributed by atoms with Crippen molar-refractivity contribution < 1.29 is 14.5 Å². The Labute approximate surface area is 231 Å². The number of carbonyl (C=O) groups excluding carboxylic acids is 2. The molecule has 0 aliphatic rings. The van der Waals surface area contributed by atoms with E-state index < -0.39 is 16.9 Å². The van der Waals surface area contributed by atoms with Crippen molar-refractivity contribution in [3.05, 3.63) is 130 Å². The zero-order valence-electron chi connectivity index (χ0n) is 21.7. The minimum absolute atomic E-state index is 0.0418. The number of benzene rings is 1. The SMILES string of the molecule is O=C(CC(NC(=O)CN(Cc1ccccn1)Cc1ccccn1)c1ccccc1[N+](=O)[O-])NCc1ccccn1. The van der Waals surface area contributed by atoms with Gasteiger partial charge < -0.3 is 10.6 Å². The molecule has 2 N–H and O–H groups in total. The number of nitrogens with zero attached hydrogens (tertiary/aromatic N) is 5. The molecule has 1 atom stereocenters. The Morgan fingerprint density at radius 2 is 1.32 bits per heavy atom. The summed E-state index contributed by atoms with van der Waals surface area (Å²) in [5.41, 5.74) is 2.28. The Balaban J connectivity index is 1.50. The van der Waals surface area contributed by atoms with E-state index in [2.05, 4.69) is 25.6 Å². The molecule has 0 saturated heterocycles. The maximum Gasteiger partial charge on any atom is 0.274 e. The minimum Gasteiger partial charge on any atom is -0.350 e. The van der Waals surface area contributed by atoms with Crippen molar-refractivity contribution in [2.45, 2.75) is 32.1 Å². The summed E-state index contributed by atoms with van der Waals surface area (Å²) in [5, 5.41) is 17.4. The van der Waals surface area contributed by atoms with E-state index in [1.54, 1.807) is 48.9 Å². The third kappa shape index (κ3) is 8.50. The lowest BCUT2D eigenvalue weighted by molar-refractivity contribution is -0.385. The predicted octanol–water partition coefficient (Wildman–Crippen LogP) is 3.35. The number of hydrogen-bond acceptors (Lipinski definition) is 8. The molecule has 11 heteroatoms. The van der Waals surface area contributed by atoms with Gasteiger partial charge >= 0.3 is 0 Å². The third-order valence-electron chi connectivity index (χ3n) is 6.02. The van der Waals surface area contributed by atoms with Crippen LogP contribution in [0.25, 0.3) is 0 Å².